The molecule has 6 rings (SSSR count). The molecule has 0 saturated heterocycles. The topological polar surface area (TPSA) is 56.5 Å². The maximum absolute atomic E-state index is 13.2. The van der Waals surface area contributed by atoms with Gasteiger partial charge in [0.15, 0.2) is 5.78 Å². The minimum Gasteiger partial charge on any atom is -0.460 e. The van der Waals surface area contributed by atoms with Crippen LogP contribution in [0.25, 0.3) is 22.1 Å². The van der Waals surface area contributed by atoms with Crippen molar-refractivity contribution in [2.45, 2.75) is 25.2 Å². The van der Waals surface area contributed by atoms with E-state index < -0.39 is 11.5 Å². The van der Waals surface area contributed by atoms with Crippen LogP contribution in [0.15, 0.2) is 99.4 Å². The van der Waals surface area contributed by atoms with Gasteiger partial charge >= 0.3 is 5.63 Å². The van der Waals surface area contributed by atoms with Crippen molar-refractivity contribution in [2.24, 2.45) is 0 Å². The first kappa shape index (κ1) is 18.8. The lowest BCUT2D eigenvalue weighted by Crippen LogP contribution is -2.29. The minimum atomic E-state index is -0.493. The lowest BCUT2D eigenvalue weighted by molar-refractivity contribution is -0.116. The number of Topliss-reactive ketones (excluding diaryl/α,β-unsaturated/α-hetero) is 1. The maximum atomic E-state index is 13.2. The normalized spacial score (nSPS) is 17.6. The third-order valence-electron chi connectivity index (χ3n) is 6.36. The average Bonchev–Trinajstić information content (AvgIpc) is 2.84. The summed E-state index contributed by atoms with van der Waals surface area (Å²) in [4.78, 5) is 26.2. The van der Waals surface area contributed by atoms with Crippen molar-refractivity contribution >= 4 is 16.8 Å². The molecule has 32 heavy (non-hydrogen) atoms. The van der Waals surface area contributed by atoms with E-state index in [0.717, 1.165) is 28.5 Å². The second-order valence-electron chi connectivity index (χ2n) is 8.27. The molecule has 1 atom stereocenters. The smallest absolute Gasteiger partial charge is 0.344 e. The van der Waals surface area contributed by atoms with Crippen molar-refractivity contribution in [2.75, 3.05) is 0 Å². The molecular weight excluding hydrogens is 400 g/mol. The zero-order valence-electron chi connectivity index (χ0n) is 17.3. The van der Waals surface area contributed by atoms with Crippen molar-refractivity contribution in [3.8, 4) is 16.9 Å². The second-order valence-corrected chi connectivity index (χ2v) is 8.27. The first-order valence-electron chi connectivity index (χ1n) is 10.9. The molecule has 1 aromatic heterocycles. The van der Waals surface area contributed by atoms with Crippen LogP contribution in [0, 0.1) is 0 Å². The van der Waals surface area contributed by atoms with Crippen LogP contribution in [-0.4, -0.2) is 5.78 Å². The van der Waals surface area contributed by atoms with Gasteiger partial charge in [-0.1, -0.05) is 66.7 Å². The summed E-state index contributed by atoms with van der Waals surface area (Å²) in [5.74, 6) is 0.748. The lowest BCUT2D eigenvalue weighted by atomic mass is 9.77. The van der Waals surface area contributed by atoms with E-state index in [9.17, 15) is 9.59 Å². The molecule has 156 valence electrons. The maximum Gasteiger partial charge on any atom is 0.344 e. The van der Waals surface area contributed by atoms with Crippen molar-refractivity contribution in [1.29, 1.82) is 0 Å². The monoisotopic (exact) mass is 420 g/mol. The number of ketones is 1. The fraction of sp³-hybridized carbons (Fsp3) is 0.143. The molecule has 4 heteroatoms. The number of carbonyl (C=O) groups excluding carboxylic acids is 1. The van der Waals surface area contributed by atoms with Gasteiger partial charge < -0.3 is 9.15 Å². The summed E-state index contributed by atoms with van der Waals surface area (Å²) in [6.45, 7) is 0. The number of hydrogen-bond acceptors (Lipinski definition) is 4. The number of rotatable bonds is 2. The predicted octanol–water partition coefficient (Wildman–Crippen LogP) is 5.99. The molecule has 4 nitrogen and oxygen atoms in total. The Balaban J connectivity index is 1.57. The first-order chi connectivity index (χ1) is 15.7. The predicted molar refractivity (Wildman–Crippen MR) is 123 cm³/mol. The van der Waals surface area contributed by atoms with Gasteiger partial charge in [-0.15, -0.1) is 0 Å². The summed E-state index contributed by atoms with van der Waals surface area (Å²) < 4.78 is 11.9. The summed E-state index contributed by atoms with van der Waals surface area (Å²) >= 11 is 0. The van der Waals surface area contributed by atoms with E-state index in [1.165, 1.54) is 0 Å². The van der Waals surface area contributed by atoms with Crippen LogP contribution < -0.4 is 10.4 Å². The number of fused-ring (bicyclic) bond motifs is 3. The summed E-state index contributed by atoms with van der Waals surface area (Å²) in [6, 6.07) is 25.6. The van der Waals surface area contributed by atoms with Gasteiger partial charge in [0.05, 0.1) is 16.9 Å². The van der Waals surface area contributed by atoms with Crippen LogP contribution in [0.1, 0.15) is 36.3 Å². The fourth-order valence-electron chi connectivity index (χ4n) is 4.86. The number of benzene rings is 3. The van der Waals surface area contributed by atoms with E-state index in [1.54, 1.807) is 6.07 Å². The molecule has 0 bridgehead atoms. The van der Waals surface area contributed by atoms with E-state index in [1.807, 2.05) is 60.7 Å². The molecule has 0 saturated carbocycles. The molecule has 0 radical (unpaired) electrons. The number of carbonyl (C=O) groups is 1. The van der Waals surface area contributed by atoms with Gasteiger partial charge in [0.25, 0.3) is 0 Å². The van der Waals surface area contributed by atoms with Gasteiger partial charge in [0.2, 0.25) is 0 Å². The first-order valence-corrected chi connectivity index (χ1v) is 10.9. The largest absolute Gasteiger partial charge is 0.460 e. The van der Waals surface area contributed by atoms with Crippen molar-refractivity contribution in [3.05, 3.63) is 112 Å². The second kappa shape index (κ2) is 7.34. The zero-order valence-corrected chi connectivity index (χ0v) is 17.3. The van der Waals surface area contributed by atoms with Crippen LogP contribution in [0.4, 0.5) is 0 Å². The molecule has 4 aromatic rings. The van der Waals surface area contributed by atoms with E-state index in [4.69, 9.17) is 9.15 Å². The van der Waals surface area contributed by atoms with Crippen LogP contribution >= 0.6 is 0 Å². The third-order valence-corrected chi connectivity index (χ3v) is 6.36. The molecule has 2 aliphatic rings. The van der Waals surface area contributed by atoms with Crippen LogP contribution in [0.5, 0.6) is 5.75 Å². The molecule has 0 amide bonds. The summed E-state index contributed by atoms with van der Waals surface area (Å²) in [5.41, 5.74) is 4.12. The quantitative estimate of drug-likeness (QED) is 0.374. The summed E-state index contributed by atoms with van der Waals surface area (Å²) in [6.07, 6.45) is 1.91. The Hall–Kier alpha value is -3.92. The SMILES string of the molecule is O=C1CCCC2=C1C(c1ccc(-c3ccccc3)cc1)c1c(c3ccccc3oc1=O)O2. The number of para-hydroxylation sites is 1. The van der Waals surface area contributed by atoms with Gasteiger partial charge in [-0.2, -0.15) is 0 Å². The molecule has 0 fully saturated rings. The molecular formula is C28H20O4. The van der Waals surface area contributed by atoms with Crippen LogP contribution in [0.3, 0.4) is 0 Å². The van der Waals surface area contributed by atoms with E-state index in [-0.39, 0.29) is 5.78 Å². The molecule has 2 heterocycles. The zero-order chi connectivity index (χ0) is 21.7. The van der Waals surface area contributed by atoms with Crippen molar-refractivity contribution < 1.29 is 13.9 Å². The highest BCUT2D eigenvalue weighted by Crippen LogP contribution is 2.47. The van der Waals surface area contributed by atoms with E-state index in [2.05, 4.69) is 12.1 Å². The van der Waals surface area contributed by atoms with Gasteiger partial charge in [-0.05, 0) is 35.2 Å². The lowest BCUT2D eigenvalue weighted by Gasteiger charge is -2.32. The molecule has 1 unspecified atom stereocenters. The third kappa shape index (κ3) is 2.91. The van der Waals surface area contributed by atoms with Crippen molar-refractivity contribution in [1.82, 2.24) is 0 Å². The van der Waals surface area contributed by atoms with Gasteiger partial charge in [0, 0.05) is 18.4 Å². The standard InChI is InChI=1S/C28H20O4/c29-21-10-6-12-23-25(21)24(19-15-13-18(14-16-19)17-7-2-1-3-8-17)26-27(31-23)20-9-4-5-11-22(20)32-28(26)30/h1-5,7-9,11,13-16,24H,6,10,12H2. The summed E-state index contributed by atoms with van der Waals surface area (Å²) in [7, 11) is 0. The van der Waals surface area contributed by atoms with Crippen LogP contribution in [-0.2, 0) is 4.79 Å². The fourth-order valence-corrected chi connectivity index (χ4v) is 4.86. The highest BCUT2D eigenvalue weighted by molar-refractivity contribution is 6.00. The van der Waals surface area contributed by atoms with Crippen molar-refractivity contribution in [3.63, 3.8) is 0 Å². The Morgan fingerprint density at radius 1 is 0.750 bits per heavy atom. The summed E-state index contributed by atoms with van der Waals surface area (Å²) in [5, 5.41) is 0.748. The number of allylic oxidation sites excluding steroid dienone is 2. The molecule has 0 spiro atoms. The Morgan fingerprint density at radius 3 is 2.28 bits per heavy atom. The Kier molecular flexibility index (Phi) is 4.32. The number of ether oxygens (including phenoxy) is 1. The average molecular weight is 420 g/mol. The number of hydrogen-bond donors (Lipinski definition) is 0. The molecule has 0 N–H and O–H groups in total. The van der Waals surface area contributed by atoms with E-state index in [0.29, 0.717) is 41.1 Å². The Labute approximate surface area is 184 Å². The van der Waals surface area contributed by atoms with Crippen LogP contribution in [0.2, 0.25) is 0 Å². The molecule has 1 aliphatic carbocycles. The molecule has 3 aromatic carbocycles. The highest BCUT2D eigenvalue weighted by Gasteiger charge is 2.39. The van der Waals surface area contributed by atoms with E-state index >= 15 is 0 Å². The highest BCUT2D eigenvalue weighted by atomic mass is 16.5. The van der Waals surface area contributed by atoms with Gasteiger partial charge in [-0.25, -0.2) is 4.79 Å². The Bertz CT molecular complexity index is 1440. The Morgan fingerprint density at radius 2 is 1.47 bits per heavy atom. The minimum absolute atomic E-state index is 0.0431. The van der Waals surface area contributed by atoms with Gasteiger partial charge in [0.1, 0.15) is 17.1 Å². The molecule has 1 aliphatic heterocycles. The van der Waals surface area contributed by atoms with Gasteiger partial charge in [-0.3, -0.25) is 4.79 Å².